The van der Waals surface area contributed by atoms with Gasteiger partial charge in [-0.25, -0.2) is 8.78 Å². The average molecular weight is 384 g/mol. The van der Waals surface area contributed by atoms with Crippen molar-refractivity contribution in [2.45, 2.75) is 12.1 Å². The minimum atomic E-state index is -4.62. The van der Waals surface area contributed by atoms with Crippen molar-refractivity contribution in [1.82, 2.24) is 0 Å². The molecule has 142 valence electrons. The van der Waals surface area contributed by atoms with Crippen molar-refractivity contribution < 1.29 is 31.5 Å². The van der Waals surface area contributed by atoms with E-state index in [4.69, 9.17) is 5.73 Å². The predicted octanol–water partition coefficient (Wildman–Crippen LogP) is 3.22. The van der Waals surface area contributed by atoms with Crippen molar-refractivity contribution >= 4 is 17.5 Å². The van der Waals surface area contributed by atoms with E-state index >= 15 is 0 Å². The van der Waals surface area contributed by atoms with Gasteiger partial charge in [0.05, 0.1) is 11.3 Å². The number of benzene rings is 2. The van der Waals surface area contributed by atoms with Gasteiger partial charge in [0.15, 0.2) is 11.6 Å². The van der Waals surface area contributed by atoms with E-state index in [0.717, 1.165) is 35.2 Å². The highest BCUT2D eigenvalue weighted by atomic mass is 19.4. The van der Waals surface area contributed by atoms with Crippen LogP contribution in [-0.4, -0.2) is 18.4 Å². The molecule has 2 unspecified atom stereocenters. The second kappa shape index (κ2) is 6.64. The number of halogens is 5. The quantitative estimate of drug-likeness (QED) is 0.653. The van der Waals surface area contributed by atoms with Gasteiger partial charge in [-0.1, -0.05) is 24.3 Å². The average Bonchev–Trinajstić information content (AvgIpc) is 2.94. The fourth-order valence-electron chi connectivity index (χ4n) is 3.21. The van der Waals surface area contributed by atoms with Gasteiger partial charge in [-0.3, -0.25) is 9.59 Å². The number of carbonyl (C=O) groups excluding carboxylic acids is 2. The summed E-state index contributed by atoms with van der Waals surface area (Å²) in [5.41, 5.74) is 3.97. The molecular weight excluding hydrogens is 371 g/mol. The highest BCUT2D eigenvalue weighted by molar-refractivity contribution is 6.10. The van der Waals surface area contributed by atoms with E-state index in [2.05, 4.69) is 0 Å². The van der Waals surface area contributed by atoms with Crippen molar-refractivity contribution in [3.05, 3.63) is 65.2 Å². The van der Waals surface area contributed by atoms with Gasteiger partial charge in [0.25, 0.3) is 0 Å². The fraction of sp³-hybridized carbons (Fsp3) is 0.222. The Labute approximate surface area is 150 Å². The van der Waals surface area contributed by atoms with Crippen molar-refractivity contribution in [1.29, 1.82) is 0 Å². The summed E-state index contributed by atoms with van der Waals surface area (Å²) in [6.07, 6.45) is -4.62. The molecule has 0 bridgehead atoms. The van der Waals surface area contributed by atoms with Crippen LogP contribution in [0.5, 0.6) is 0 Å². The number of rotatable bonds is 3. The first-order valence-corrected chi connectivity index (χ1v) is 7.83. The van der Waals surface area contributed by atoms with E-state index in [1.165, 1.54) is 12.1 Å². The van der Waals surface area contributed by atoms with Crippen LogP contribution in [0.1, 0.15) is 17.0 Å². The molecule has 9 heteroatoms. The van der Waals surface area contributed by atoms with Gasteiger partial charge in [-0.2, -0.15) is 13.2 Å². The van der Waals surface area contributed by atoms with Gasteiger partial charge in [-0.15, -0.1) is 0 Å². The molecule has 1 saturated heterocycles. The number of amides is 2. The zero-order chi connectivity index (χ0) is 19.9. The van der Waals surface area contributed by atoms with Gasteiger partial charge in [-0.05, 0) is 23.8 Å². The minimum absolute atomic E-state index is 0.0567. The molecule has 1 aliphatic rings. The molecule has 2 atom stereocenters. The molecule has 3 rings (SSSR count). The predicted molar refractivity (Wildman–Crippen MR) is 85.6 cm³/mol. The molecule has 1 heterocycles. The van der Waals surface area contributed by atoms with Crippen LogP contribution in [0.4, 0.5) is 27.6 Å². The molecule has 0 radical (unpaired) electrons. The summed E-state index contributed by atoms with van der Waals surface area (Å²) in [4.78, 5) is 25.2. The topological polar surface area (TPSA) is 63.4 Å². The normalized spacial score (nSPS) is 20.2. The first-order chi connectivity index (χ1) is 12.6. The molecule has 0 saturated carbocycles. The summed E-state index contributed by atoms with van der Waals surface area (Å²) in [6, 6.07) is 7.32. The van der Waals surface area contributed by atoms with Crippen molar-refractivity contribution in [2.75, 3.05) is 11.4 Å². The summed E-state index contributed by atoms with van der Waals surface area (Å²) in [7, 11) is 0. The van der Waals surface area contributed by atoms with Gasteiger partial charge in [0.1, 0.15) is 5.92 Å². The van der Waals surface area contributed by atoms with Crippen LogP contribution >= 0.6 is 0 Å². The van der Waals surface area contributed by atoms with Crippen LogP contribution < -0.4 is 10.6 Å². The number of hydrogen-bond donors (Lipinski definition) is 1. The molecule has 27 heavy (non-hydrogen) atoms. The van der Waals surface area contributed by atoms with Crippen molar-refractivity contribution in [3.63, 3.8) is 0 Å². The number of anilines is 1. The van der Waals surface area contributed by atoms with Gasteiger partial charge < -0.3 is 10.6 Å². The number of alkyl halides is 3. The SMILES string of the molecule is NC(=O)C1C(=O)N(c2cccc(F)c2F)CC1c1cccc(C(F)(F)F)c1. The third kappa shape index (κ3) is 3.36. The summed E-state index contributed by atoms with van der Waals surface area (Å²) in [6.45, 7) is -0.311. The molecule has 1 aliphatic heterocycles. The van der Waals surface area contributed by atoms with E-state index < -0.39 is 52.7 Å². The van der Waals surface area contributed by atoms with Crippen LogP contribution in [0.15, 0.2) is 42.5 Å². The Hall–Kier alpha value is -2.97. The van der Waals surface area contributed by atoms with Gasteiger partial charge in [0, 0.05) is 12.5 Å². The molecular formula is C18H13F5N2O2. The number of nitrogens with zero attached hydrogens (tertiary/aromatic N) is 1. The van der Waals surface area contributed by atoms with E-state index in [1.54, 1.807) is 0 Å². The second-order valence-electron chi connectivity index (χ2n) is 6.13. The third-order valence-corrected chi connectivity index (χ3v) is 4.48. The Morgan fingerprint density at radius 3 is 2.41 bits per heavy atom. The highest BCUT2D eigenvalue weighted by Crippen LogP contribution is 2.39. The Morgan fingerprint density at radius 1 is 1.11 bits per heavy atom. The number of hydrogen-bond acceptors (Lipinski definition) is 2. The third-order valence-electron chi connectivity index (χ3n) is 4.48. The zero-order valence-electron chi connectivity index (χ0n) is 13.6. The Morgan fingerprint density at radius 2 is 1.78 bits per heavy atom. The molecule has 2 amide bonds. The lowest BCUT2D eigenvalue weighted by Crippen LogP contribution is -2.34. The van der Waals surface area contributed by atoms with Crippen LogP contribution in [0.25, 0.3) is 0 Å². The van der Waals surface area contributed by atoms with E-state index in [0.29, 0.717) is 0 Å². The van der Waals surface area contributed by atoms with E-state index in [-0.39, 0.29) is 12.1 Å². The van der Waals surface area contributed by atoms with Crippen molar-refractivity contribution in [2.24, 2.45) is 11.7 Å². The van der Waals surface area contributed by atoms with E-state index in [1.807, 2.05) is 0 Å². The summed E-state index contributed by atoms with van der Waals surface area (Å²) in [5, 5.41) is 0. The lowest BCUT2D eigenvalue weighted by atomic mass is 9.87. The first-order valence-electron chi connectivity index (χ1n) is 7.83. The second-order valence-corrected chi connectivity index (χ2v) is 6.13. The molecule has 0 aromatic heterocycles. The largest absolute Gasteiger partial charge is 0.416 e. The maximum Gasteiger partial charge on any atom is 0.416 e. The molecule has 1 fully saturated rings. The number of nitrogens with two attached hydrogens (primary N) is 1. The maximum atomic E-state index is 14.1. The smallest absolute Gasteiger partial charge is 0.369 e. The first kappa shape index (κ1) is 18.8. The number of carbonyl (C=O) groups is 2. The zero-order valence-corrected chi connectivity index (χ0v) is 13.6. The number of primary amides is 1. The minimum Gasteiger partial charge on any atom is -0.369 e. The van der Waals surface area contributed by atoms with E-state index in [9.17, 15) is 31.5 Å². The van der Waals surface area contributed by atoms with Crippen LogP contribution in [0.3, 0.4) is 0 Å². The molecule has 2 N–H and O–H groups in total. The van der Waals surface area contributed by atoms with Crippen LogP contribution in [-0.2, 0) is 15.8 Å². The highest BCUT2D eigenvalue weighted by Gasteiger charge is 2.46. The monoisotopic (exact) mass is 384 g/mol. The summed E-state index contributed by atoms with van der Waals surface area (Å²) >= 11 is 0. The molecule has 4 nitrogen and oxygen atoms in total. The molecule has 2 aromatic carbocycles. The summed E-state index contributed by atoms with van der Waals surface area (Å²) < 4.78 is 66.5. The van der Waals surface area contributed by atoms with Gasteiger partial charge >= 0.3 is 6.18 Å². The maximum absolute atomic E-state index is 14.1. The standard InChI is InChI=1S/C18H13F5N2O2/c19-12-5-2-6-13(15(12)20)25-8-11(14(16(24)26)17(25)27)9-3-1-4-10(7-9)18(21,22)23/h1-7,11,14H,8H2,(H2,24,26). The van der Waals surface area contributed by atoms with Crippen LogP contribution in [0.2, 0.25) is 0 Å². The summed E-state index contributed by atoms with van der Waals surface area (Å²) in [5.74, 6) is -6.95. The van der Waals surface area contributed by atoms with Gasteiger partial charge in [0.2, 0.25) is 11.8 Å². The Bertz CT molecular complexity index is 913. The lowest BCUT2D eigenvalue weighted by molar-refractivity contribution is -0.137. The lowest BCUT2D eigenvalue weighted by Gasteiger charge is -2.18. The molecule has 0 aliphatic carbocycles. The van der Waals surface area contributed by atoms with Crippen molar-refractivity contribution in [3.8, 4) is 0 Å². The van der Waals surface area contributed by atoms with Crippen LogP contribution in [0, 0.1) is 17.6 Å². The Balaban J connectivity index is 2.05. The molecule has 2 aromatic rings. The Kier molecular flexibility index (Phi) is 4.63. The fourth-order valence-corrected chi connectivity index (χ4v) is 3.21. The molecule has 0 spiro atoms.